The third-order valence-electron chi connectivity index (χ3n) is 5.96. The molecule has 3 aromatic rings. The Morgan fingerprint density at radius 1 is 1.35 bits per heavy atom. The summed E-state index contributed by atoms with van der Waals surface area (Å²) in [4.78, 5) is 20.7. The van der Waals surface area contributed by atoms with E-state index in [-0.39, 0.29) is 29.2 Å². The number of hydrogen-bond acceptors (Lipinski definition) is 7. The molecule has 5 rings (SSSR count). The lowest BCUT2D eigenvalue weighted by Crippen LogP contribution is -2.25. The number of pyridine rings is 1. The Labute approximate surface area is 179 Å². The molecule has 1 unspecified atom stereocenters. The molecule has 0 bridgehead atoms. The van der Waals surface area contributed by atoms with Crippen LogP contribution in [0.1, 0.15) is 43.4 Å². The molecule has 1 atom stereocenters. The van der Waals surface area contributed by atoms with Crippen molar-refractivity contribution in [2.75, 3.05) is 6.54 Å². The fourth-order valence-corrected chi connectivity index (χ4v) is 4.55. The van der Waals surface area contributed by atoms with Crippen LogP contribution in [-0.2, 0) is 16.6 Å². The third kappa shape index (κ3) is 3.22. The van der Waals surface area contributed by atoms with E-state index < -0.39 is 0 Å². The molecule has 1 aliphatic heterocycles. The van der Waals surface area contributed by atoms with Gasteiger partial charge in [0, 0.05) is 30.1 Å². The standard InChI is InChI=1S/C23H21N5O3/c1-13(2)30-21-14(10-24)8-15(11-25-21)22-27-20(28-31-22)17-4-3-5-18-16(17)6-7-23(18)9-19(29)26-12-23/h3-5,8,11,13H,6-7,9,12H2,1-2H3,(H,26,29). The number of carbonyl (C=O) groups excluding carboxylic acids is 1. The van der Waals surface area contributed by atoms with E-state index in [2.05, 4.69) is 32.6 Å². The molecule has 1 N–H and O–H groups in total. The average molecular weight is 415 g/mol. The average Bonchev–Trinajstić information content (AvgIpc) is 3.48. The first kappa shape index (κ1) is 19.2. The van der Waals surface area contributed by atoms with Crippen molar-refractivity contribution < 1.29 is 14.1 Å². The molecule has 1 spiro atoms. The van der Waals surface area contributed by atoms with E-state index in [0.717, 1.165) is 18.4 Å². The molecule has 2 aliphatic rings. The van der Waals surface area contributed by atoms with Gasteiger partial charge in [-0.25, -0.2) is 4.98 Å². The normalized spacial score (nSPS) is 19.5. The van der Waals surface area contributed by atoms with E-state index in [4.69, 9.17) is 9.26 Å². The predicted molar refractivity (Wildman–Crippen MR) is 111 cm³/mol. The number of carbonyl (C=O) groups is 1. The number of nitriles is 1. The summed E-state index contributed by atoms with van der Waals surface area (Å²) in [6, 6.07) is 9.81. The highest BCUT2D eigenvalue weighted by Crippen LogP contribution is 2.46. The zero-order valence-corrected chi connectivity index (χ0v) is 17.3. The van der Waals surface area contributed by atoms with Crippen LogP contribution in [0.4, 0.5) is 0 Å². The van der Waals surface area contributed by atoms with Gasteiger partial charge in [0.25, 0.3) is 5.89 Å². The quantitative estimate of drug-likeness (QED) is 0.696. The van der Waals surface area contributed by atoms with E-state index in [0.29, 0.717) is 29.9 Å². The Morgan fingerprint density at radius 2 is 2.23 bits per heavy atom. The topological polar surface area (TPSA) is 114 Å². The van der Waals surface area contributed by atoms with Crippen molar-refractivity contribution in [3.8, 4) is 34.8 Å². The number of nitrogens with zero attached hydrogens (tertiary/aromatic N) is 4. The van der Waals surface area contributed by atoms with Gasteiger partial charge in [0.1, 0.15) is 11.6 Å². The third-order valence-corrected chi connectivity index (χ3v) is 5.96. The van der Waals surface area contributed by atoms with Crippen LogP contribution in [0.5, 0.6) is 5.88 Å². The Morgan fingerprint density at radius 3 is 2.97 bits per heavy atom. The Bertz CT molecular complexity index is 1230. The van der Waals surface area contributed by atoms with Crippen molar-refractivity contribution in [1.82, 2.24) is 20.4 Å². The minimum atomic E-state index is -0.132. The van der Waals surface area contributed by atoms with Crippen LogP contribution in [0, 0.1) is 11.3 Å². The fraction of sp³-hybridized carbons (Fsp3) is 0.348. The van der Waals surface area contributed by atoms with Crippen molar-refractivity contribution in [3.05, 3.63) is 47.2 Å². The second-order valence-corrected chi connectivity index (χ2v) is 8.34. The van der Waals surface area contributed by atoms with Gasteiger partial charge < -0.3 is 14.6 Å². The minimum absolute atomic E-state index is 0.0886. The summed E-state index contributed by atoms with van der Waals surface area (Å²) in [6.07, 6.45) is 3.79. The smallest absolute Gasteiger partial charge is 0.259 e. The Balaban J connectivity index is 1.49. The monoisotopic (exact) mass is 415 g/mol. The summed E-state index contributed by atoms with van der Waals surface area (Å²) in [5.41, 5.74) is 4.01. The predicted octanol–water partition coefficient (Wildman–Crippen LogP) is 3.16. The summed E-state index contributed by atoms with van der Waals surface area (Å²) in [6.45, 7) is 4.43. The highest BCUT2D eigenvalue weighted by atomic mass is 16.5. The molecule has 1 aliphatic carbocycles. The van der Waals surface area contributed by atoms with Gasteiger partial charge in [-0.2, -0.15) is 10.2 Å². The number of aromatic nitrogens is 3. The summed E-state index contributed by atoms with van der Waals surface area (Å²) in [5.74, 6) is 1.16. The van der Waals surface area contributed by atoms with Crippen LogP contribution in [0.2, 0.25) is 0 Å². The molecule has 31 heavy (non-hydrogen) atoms. The number of benzene rings is 1. The highest BCUT2D eigenvalue weighted by Gasteiger charge is 2.45. The van der Waals surface area contributed by atoms with E-state index in [1.165, 1.54) is 11.1 Å². The maximum absolute atomic E-state index is 11.9. The zero-order valence-electron chi connectivity index (χ0n) is 17.3. The first-order valence-corrected chi connectivity index (χ1v) is 10.3. The molecule has 0 saturated carbocycles. The van der Waals surface area contributed by atoms with E-state index >= 15 is 0 Å². The van der Waals surface area contributed by atoms with Crippen molar-refractivity contribution in [3.63, 3.8) is 0 Å². The molecule has 1 amide bonds. The molecule has 2 aromatic heterocycles. The van der Waals surface area contributed by atoms with Gasteiger partial charge in [0.2, 0.25) is 17.6 Å². The second-order valence-electron chi connectivity index (χ2n) is 8.34. The van der Waals surface area contributed by atoms with Gasteiger partial charge in [-0.05, 0) is 43.9 Å². The number of fused-ring (bicyclic) bond motifs is 2. The molecule has 156 valence electrons. The molecule has 0 radical (unpaired) electrons. The molecule has 1 aromatic carbocycles. The number of hydrogen-bond donors (Lipinski definition) is 1. The second kappa shape index (κ2) is 7.20. The van der Waals surface area contributed by atoms with Crippen molar-refractivity contribution >= 4 is 5.91 Å². The van der Waals surface area contributed by atoms with Crippen molar-refractivity contribution in [2.24, 2.45) is 0 Å². The summed E-state index contributed by atoms with van der Waals surface area (Å²) >= 11 is 0. The zero-order chi connectivity index (χ0) is 21.6. The Kier molecular flexibility index (Phi) is 4.47. The minimum Gasteiger partial charge on any atom is -0.474 e. The van der Waals surface area contributed by atoms with Crippen LogP contribution >= 0.6 is 0 Å². The van der Waals surface area contributed by atoms with Crippen LogP contribution in [0.15, 0.2) is 35.0 Å². The van der Waals surface area contributed by atoms with Gasteiger partial charge >= 0.3 is 0 Å². The lowest BCUT2D eigenvalue weighted by Gasteiger charge is -2.22. The lowest BCUT2D eigenvalue weighted by molar-refractivity contribution is -0.119. The van der Waals surface area contributed by atoms with Crippen molar-refractivity contribution in [2.45, 2.75) is 44.6 Å². The summed E-state index contributed by atoms with van der Waals surface area (Å²) < 4.78 is 11.1. The van der Waals surface area contributed by atoms with Crippen molar-refractivity contribution in [1.29, 1.82) is 5.26 Å². The number of amides is 1. The first-order valence-electron chi connectivity index (χ1n) is 10.3. The molecule has 3 heterocycles. The number of nitrogens with one attached hydrogen (secondary N) is 1. The Hall–Kier alpha value is -3.73. The van der Waals surface area contributed by atoms with Gasteiger partial charge in [-0.1, -0.05) is 23.4 Å². The first-order chi connectivity index (χ1) is 15.0. The maximum Gasteiger partial charge on any atom is 0.259 e. The van der Waals surface area contributed by atoms with Crippen LogP contribution in [-0.4, -0.2) is 33.7 Å². The molecule has 1 fully saturated rings. The number of ether oxygens (including phenoxy) is 1. The number of rotatable bonds is 4. The summed E-state index contributed by atoms with van der Waals surface area (Å²) in [7, 11) is 0. The van der Waals surface area contributed by atoms with Gasteiger partial charge in [-0.3, -0.25) is 4.79 Å². The molecular formula is C23H21N5O3. The van der Waals surface area contributed by atoms with Gasteiger partial charge in [0.15, 0.2) is 0 Å². The largest absolute Gasteiger partial charge is 0.474 e. The van der Waals surface area contributed by atoms with Crippen LogP contribution in [0.3, 0.4) is 0 Å². The van der Waals surface area contributed by atoms with Crippen LogP contribution in [0.25, 0.3) is 22.8 Å². The molecule has 1 saturated heterocycles. The molecule has 8 heteroatoms. The van der Waals surface area contributed by atoms with E-state index in [1.54, 1.807) is 12.3 Å². The molecular weight excluding hydrogens is 394 g/mol. The van der Waals surface area contributed by atoms with Gasteiger partial charge in [0.05, 0.1) is 11.7 Å². The fourth-order valence-electron chi connectivity index (χ4n) is 4.55. The SMILES string of the molecule is CC(C)Oc1ncc(-c2nc(-c3cccc4c3CCC43CNC(=O)C3)no2)cc1C#N. The highest BCUT2D eigenvalue weighted by molar-refractivity contribution is 5.82. The maximum atomic E-state index is 11.9. The van der Waals surface area contributed by atoms with Gasteiger partial charge in [-0.15, -0.1) is 0 Å². The summed E-state index contributed by atoms with van der Waals surface area (Å²) in [5, 5.41) is 16.6. The van der Waals surface area contributed by atoms with E-state index in [9.17, 15) is 10.1 Å². The molecule has 8 nitrogen and oxygen atoms in total. The lowest BCUT2D eigenvalue weighted by atomic mass is 9.81. The van der Waals surface area contributed by atoms with E-state index in [1.807, 2.05) is 26.0 Å². The van der Waals surface area contributed by atoms with Crippen LogP contribution < -0.4 is 10.1 Å².